The second-order valence-electron chi connectivity index (χ2n) is 1.01. The molecular formula is C2H3IN4. The minimum absolute atomic E-state index is 0.453. The number of nitrogens with zero attached hydrogens (tertiary/aromatic N) is 3. The van der Waals surface area contributed by atoms with E-state index in [1.807, 2.05) is 22.9 Å². The predicted molar refractivity (Wildman–Crippen MR) is 33.9 cm³/mol. The summed E-state index contributed by atoms with van der Waals surface area (Å²) in [5.74, 6) is 0.453. The minimum atomic E-state index is 0.453. The highest BCUT2D eigenvalue weighted by molar-refractivity contribution is 14.1. The Morgan fingerprint density at radius 2 is 2.57 bits per heavy atom. The molecule has 0 saturated carbocycles. The van der Waals surface area contributed by atoms with E-state index in [1.54, 1.807) is 0 Å². The van der Waals surface area contributed by atoms with Crippen molar-refractivity contribution in [3.05, 3.63) is 6.20 Å². The van der Waals surface area contributed by atoms with Gasteiger partial charge in [0, 0.05) is 0 Å². The first kappa shape index (κ1) is 4.82. The normalized spacial score (nSPS) is 9.29. The van der Waals surface area contributed by atoms with Crippen molar-refractivity contribution in [3.8, 4) is 0 Å². The second kappa shape index (κ2) is 1.65. The van der Waals surface area contributed by atoms with E-state index >= 15 is 0 Å². The molecule has 5 heteroatoms. The van der Waals surface area contributed by atoms with Crippen LogP contribution >= 0.6 is 22.9 Å². The number of aromatic nitrogens is 3. The molecule has 0 saturated heterocycles. The molecule has 0 bridgehead atoms. The maximum Gasteiger partial charge on any atom is 0.166 e. The van der Waals surface area contributed by atoms with Crippen LogP contribution in [-0.2, 0) is 0 Å². The molecule has 0 aliphatic rings. The van der Waals surface area contributed by atoms with Gasteiger partial charge < -0.3 is 5.73 Å². The maximum absolute atomic E-state index is 5.18. The first-order valence-corrected chi connectivity index (χ1v) is 2.59. The lowest BCUT2D eigenvalue weighted by Gasteiger charge is -1.73. The van der Waals surface area contributed by atoms with Crippen LogP contribution in [0.3, 0.4) is 0 Å². The summed E-state index contributed by atoms with van der Waals surface area (Å²) in [6, 6.07) is 0. The summed E-state index contributed by atoms with van der Waals surface area (Å²) < 4.78 is 1.38. The molecule has 1 aromatic rings. The van der Waals surface area contributed by atoms with Crippen molar-refractivity contribution in [1.29, 1.82) is 0 Å². The molecular weight excluding hydrogens is 207 g/mol. The van der Waals surface area contributed by atoms with Gasteiger partial charge >= 0.3 is 0 Å². The van der Waals surface area contributed by atoms with Crippen LogP contribution in [0.5, 0.6) is 0 Å². The molecule has 0 unspecified atom stereocenters. The molecule has 38 valence electrons. The van der Waals surface area contributed by atoms with Gasteiger partial charge in [0.05, 0.1) is 6.20 Å². The molecule has 2 N–H and O–H groups in total. The van der Waals surface area contributed by atoms with Crippen LogP contribution in [0.4, 0.5) is 5.82 Å². The van der Waals surface area contributed by atoms with Gasteiger partial charge in [-0.3, -0.25) is 0 Å². The fourth-order valence-corrected chi connectivity index (χ4v) is 0.627. The molecule has 0 aliphatic carbocycles. The Hall–Kier alpha value is -0.330. The van der Waals surface area contributed by atoms with Crippen molar-refractivity contribution in [2.24, 2.45) is 0 Å². The fraction of sp³-hybridized carbons (Fsp3) is 0. The van der Waals surface area contributed by atoms with Crippen LogP contribution in [0.1, 0.15) is 0 Å². The first-order valence-electron chi connectivity index (χ1n) is 1.63. The molecule has 0 spiro atoms. The van der Waals surface area contributed by atoms with Crippen molar-refractivity contribution in [2.75, 3.05) is 5.73 Å². The lowest BCUT2D eigenvalue weighted by Crippen LogP contribution is -1.85. The van der Waals surface area contributed by atoms with E-state index < -0.39 is 0 Å². The average Bonchev–Trinajstić information content (AvgIpc) is 1.87. The highest BCUT2D eigenvalue weighted by Gasteiger charge is 1.85. The number of halogens is 1. The van der Waals surface area contributed by atoms with Crippen molar-refractivity contribution < 1.29 is 0 Å². The monoisotopic (exact) mass is 210 g/mol. The third-order valence-corrected chi connectivity index (χ3v) is 0.948. The Morgan fingerprint density at radius 3 is 2.71 bits per heavy atom. The molecule has 0 aromatic carbocycles. The summed E-state index contributed by atoms with van der Waals surface area (Å²) in [5, 5.41) is 7.36. The number of hydrogen-bond acceptors (Lipinski definition) is 3. The van der Waals surface area contributed by atoms with E-state index in [2.05, 4.69) is 10.2 Å². The largest absolute Gasteiger partial charge is 0.381 e. The van der Waals surface area contributed by atoms with Gasteiger partial charge in [0.25, 0.3) is 0 Å². The van der Waals surface area contributed by atoms with Gasteiger partial charge in [-0.15, -0.1) is 13.2 Å². The van der Waals surface area contributed by atoms with E-state index in [4.69, 9.17) is 5.73 Å². The average molecular weight is 210 g/mol. The number of anilines is 1. The van der Waals surface area contributed by atoms with Crippen molar-refractivity contribution in [3.63, 3.8) is 0 Å². The van der Waals surface area contributed by atoms with E-state index in [1.165, 1.54) is 9.21 Å². The number of rotatable bonds is 0. The Kier molecular flexibility index (Phi) is 1.13. The Morgan fingerprint density at radius 1 is 1.86 bits per heavy atom. The van der Waals surface area contributed by atoms with Gasteiger partial charge in [0.15, 0.2) is 5.82 Å². The Labute approximate surface area is 54.2 Å². The zero-order valence-corrected chi connectivity index (χ0v) is 5.53. The number of hydrogen-bond donors (Lipinski definition) is 1. The van der Waals surface area contributed by atoms with Gasteiger partial charge in [-0.25, -0.2) is 0 Å². The smallest absolute Gasteiger partial charge is 0.166 e. The topological polar surface area (TPSA) is 56.7 Å². The molecule has 4 nitrogen and oxygen atoms in total. The highest BCUT2D eigenvalue weighted by Crippen LogP contribution is 1.92. The first-order chi connectivity index (χ1) is 3.29. The second-order valence-corrected chi connectivity index (χ2v) is 1.87. The fourth-order valence-electron chi connectivity index (χ4n) is 0.254. The summed E-state index contributed by atoms with van der Waals surface area (Å²) in [4.78, 5) is 0. The highest BCUT2D eigenvalue weighted by atomic mass is 127. The van der Waals surface area contributed by atoms with Crippen molar-refractivity contribution >= 4 is 28.7 Å². The van der Waals surface area contributed by atoms with Gasteiger partial charge in [-0.05, 0) is 0 Å². The molecule has 0 atom stereocenters. The van der Waals surface area contributed by atoms with Gasteiger partial charge in [0.1, 0.15) is 22.9 Å². The lowest BCUT2D eigenvalue weighted by atomic mass is 10.8. The predicted octanol–water partition coefficient (Wildman–Crippen LogP) is 0.0584. The Bertz CT molecular complexity index is 142. The Balaban J connectivity index is 3.04. The van der Waals surface area contributed by atoms with Crippen LogP contribution in [0.25, 0.3) is 0 Å². The third-order valence-electron chi connectivity index (χ3n) is 0.483. The zero-order valence-electron chi connectivity index (χ0n) is 3.37. The SMILES string of the molecule is Nc1cnn(I)n1. The van der Waals surface area contributed by atoms with E-state index in [9.17, 15) is 0 Å². The molecule has 1 heterocycles. The summed E-state index contributed by atoms with van der Waals surface area (Å²) in [5.41, 5.74) is 5.18. The van der Waals surface area contributed by atoms with E-state index in [-0.39, 0.29) is 0 Å². The summed E-state index contributed by atoms with van der Waals surface area (Å²) in [6.45, 7) is 0. The summed E-state index contributed by atoms with van der Waals surface area (Å²) in [6.07, 6.45) is 1.49. The molecule has 7 heavy (non-hydrogen) atoms. The van der Waals surface area contributed by atoms with Crippen LogP contribution in [0, 0.1) is 0 Å². The van der Waals surface area contributed by atoms with E-state index in [0.717, 1.165) is 0 Å². The molecule has 1 aromatic heterocycles. The maximum atomic E-state index is 5.18. The molecule has 1 rings (SSSR count). The van der Waals surface area contributed by atoms with Crippen LogP contribution < -0.4 is 5.73 Å². The molecule has 0 amide bonds. The number of nitrogens with two attached hydrogens (primary N) is 1. The van der Waals surface area contributed by atoms with E-state index in [0.29, 0.717) is 5.82 Å². The molecule has 0 radical (unpaired) electrons. The van der Waals surface area contributed by atoms with Crippen LogP contribution in [-0.4, -0.2) is 13.2 Å². The quantitative estimate of drug-likeness (QED) is 0.616. The van der Waals surface area contributed by atoms with Gasteiger partial charge in [-0.1, -0.05) is 0 Å². The van der Waals surface area contributed by atoms with Gasteiger partial charge in [0.2, 0.25) is 0 Å². The standard InChI is InChI=1S/C2H3IN4/c3-7-5-1-2(4)6-7/h1H,(H2,4,6). The molecule has 0 aliphatic heterocycles. The minimum Gasteiger partial charge on any atom is -0.381 e. The van der Waals surface area contributed by atoms with Crippen LogP contribution in [0.2, 0.25) is 0 Å². The number of nitrogen functional groups attached to an aromatic ring is 1. The van der Waals surface area contributed by atoms with Crippen molar-refractivity contribution in [2.45, 2.75) is 0 Å². The van der Waals surface area contributed by atoms with Crippen LogP contribution in [0.15, 0.2) is 6.20 Å². The van der Waals surface area contributed by atoms with Gasteiger partial charge in [-0.2, -0.15) is 0 Å². The lowest BCUT2D eigenvalue weighted by molar-refractivity contribution is 0.909. The summed E-state index contributed by atoms with van der Waals surface area (Å²) in [7, 11) is 0. The zero-order chi connectivity index (χ0) is 5.28. The van der Waals surface area contributed by atoms with Crippen molar-refractivity contribution in [1.82, 2.24) is 13.2 Å². The molecule has 0 fully saturated rings. The third kappa shape index (κ3) is 1.02. The summed E-state index contributed by atoms with van der Waals surface area (Å²) >= 11 is 1.92.